The van der Waals surface area contributed by atoms with Crippen molar-refractivity contribution in [1.82, 2.24) is 0 Å². The van der Waals surface area contributed by atoms with Crippen LogP contribution in [0, 0.1) is 0 Å². The van der Waals surface area contributed by atoms with E-state index in [1.54, 1.807) is 6.92 Å². The molecule has 1 aromatic rings. The lowest BCUT2D eigenvalue weighted by Gasteiger charge is -2.22. The Kier molecular flexibility index (Phi) is 5.77. The monoisotopic (exact) mass is 262 g/mol. The standard InChI is InChI=1S/C16H22O3/c1-13(15(17)19-16(2,3)4)18-12-8-11-14-9-6-5-7-10-14/h5-11,13H,12H2,1-4H3. The van der Waals surface area contributed by atoms with Gasteiger partial charge in [-0.1, -0.05) is 42.5 Å². The lowest BCUT2D eigenvalue weighted by Crippen LogP contribution is -2.31. The van der Waals surface area contributed by atoms with Crippen molar-refractivity contribution in [3.8, 4) is 0 Å². The van der Waals surface area contributed by atoms with E-state index in [2.05, 4.69) is 0 Å². The van der Waals surface area contributed by atoms with E-state index in [-0.39, 0.29) is 5.97 Å². The van der Waals surface area contributed by atoms with Crippen molar-refractivity contribution in [2.45, 2.75) is 39.4 Å². The van der Waals surface area contributed by atoms with E-state index >= 15 is 0 Å². The van der Waals surface area contributed by atoms with Crippen LogP contribution in [0.25, 0.3) is 6.08 Å². The number of ether oxygens (including phenoxy) is 2. The van der Waals surface area contributed by atoms with Gasteiger partial charge in [0.15, 0.2) is 6.10 Å². The molecule has 0 aliphatic rings. The first kappa shape index (κ1) is 15.4. The van der Waals surface area contributed by atoms with Crippen LogP contribution in [0.1, 0.15) is 33.3 Å². The Hall–Kier alpha value is -1.61. The molecule has 104 valence electrons. The van der Waals surface area contributed by atoms with E-state index in [0.29, 0.717) is 6.61 Å². The van der Waals surface area contributed by atoms with Gasteiger partial charge in [0.2, 0.25) is 0 Å². The highest BCUT2D eigenvalue weighted by molar-refractivity contribution is 5.74. The molecule has 0 aromatic heterocycles. The second-order valence-electron chi connectivity index (χ2n) is 5.32. The van der Waals surface area contributed by atoms with Crippen LogP contribution in [0.5, 0.6) is 0 Å². The van der Waals surface area contributed by atoms with Crippen LogP contribution in [0.4, 0.5) is 0 Å². The zero-order valence-corrected chi connectivity index (χ0v) is 12.1. The van der Waals surface area contributed by atoms with Gasteiger partial charge < -0.3 is 9.47 Å². The molecule has 1 rings (SSSR count). The Morgan fingerprint density at radius 2 is 1.89 bits per heavy atom. The number of rotatable bonds is 5. The summed E-state index contributed by atoms with van der Waals surface area (Å²) in [7, 11) is 0. The van der Waals surface area contributed by atoms with Crippen LogP contribution < -0.4 is 0 Å². The molecular weight excluding hydrogens is 240 g/mol. The molecule has 0 aliphatic heterocycles. The van der Waals surface area contributed by atoms with Crippen molar-refractivity contribution in [3.63, 3.8) is 0 Å². The second kappa shape index (κ2) is 7.10. The molecule has 0 saturated carbocycles. The number of hydrogen-bond donors (Lipinski definition) is 0. The Balaban J connectivity index is 2.33. The van der Waals surface area contributed by atoms with Gasteiger partial charge in [-0.25, -0.2) is 4.79 Å². The molecule has 0 amide bonds. The number of benzene rings is 1. The number of carbonyl (C=O) groups excluding carboxylic acids is 1. The van der Waals surface area contributed by atoms with E-state index in [0.717, 1.165) is 5.56 Å². The third kappa shape index (κ3) is 6.77. The Labute approximate surface area is 115 Å². The highest BCUT2D eigenvalue weighted by Crippen LogP contribution is 2.09. The summed E-state index contributed by atoms with van der Waals surface area (Å²) < 4.78 is 10.6. The van der Waals surface area contributed by atoms with Gasteiger partial charge in [0.1, 0.15) is 5.60 Å². The van der Waals surface area contributed by atoms with Gasteiger partial charge in [-0.05, 0) is 33.3 Å². The van der Waals surface area contributed by atoms with E-state index in [4.69, 9.17) is 9.47 Å². The molecule has 3 heteroatoms. The Bertz CT molecular complexity index is 415. The molecular formula is C16H22O3. The van der Waals surface area contributed by atoms with Crippen molar-refractivity contribution in [2.75, 3.05) is 6.61 Å². The summed E-state index contributed by atoms with van der Waals surface area (Å²) in [6, 6.07) is 9.94. The van der Waals surface area contributed by atoms with Crippen molar-refractivity contribution in [3.05, 3.63) is 42.0 Å². The van der Waals surface area contributed by atoms with Gasteiger partial charge in [-0.3, -0.25) is 0 Å². The summed E-state index contributed by atoms with van der Waals surface area (Å²) >= 11 is 0. The van der Waals surface area contributed by atoms with Crippen molar-refractivity contribution in [1.29, 1.82) is 0 Å². The Morgan fingerprint density at radius 3 is 2.47 bits per heavy atom. The molecule has 1 aromatic carbocycles. The zero-order chi connectivity index (χ0) is 14.3. The van der Waals surface area contributed by atoms with Gasteiger partial charge in [-0.15, -0.1) is 0 Å². The smallest absolute Gasteiger partial charge is 0.335 e. The topological polar surface area (TPSA) is 35.5 Å². The fraction of sp³-hybridized carbons (Fsp3) is 0.438. The van der Waals surface area contributed by atoms with Crippen LogP contribution in [-0.2, 0) is 14.3 Å². The van der Waals surface area contributed by atoms with Gasteiger partial charge in [0.25, 0.3) is 0 Å². The number of esters is 1. The highest BCUT2D eigenvalue weighted by atomic mass is 16.6. The summed E-state index contributed by atoms with van der Waals surface area (Å²) in [5.74, 6) is -0.333. The van der Waals surface area contributed by atoms with Crippen LogP contribution in [0.3, 0.4) is 0 Å². The summed E-state index contributed by atoms with van der Waals surface area (Å²) in [4.78, 5) is 11.7. The molecule has 0 aliphatic carbocycles. The molecule has 0 bridgehead atoms. The quantitative estimate of drug-likeness (QED) is 0.762. The first-order valence-corrected chi connectivity index (χ1v) is 6.44. The minimum Gasteiger partial charge on any atom is -0.458 e. The Morgan fingerprint density at radius 1 is 1.26 bits per heavy atom. The maximum absolute atomic E-state index is 11.7. The molecule has 0 spiro atoms. The number of hydrogen-bond acceptors (Lipinski definition) is 3. The zero-order valence-electron chi connectivity index (χ0n) is 12.1. The minimum absolute atomic E-state index is 0.333. The van der Waals surface area contributed by atoms with Gasteiger partial charge in [0, 0.05) is 0 Å². The SMILES string of the molecule is CC(OCC=Cc1ccccc1)C(=O)OC(C)(C)C. The van der Waals surface area contributed by atoms with Crippen LogP contribution >= 0.6 is 0 Å². The minimum atomic E-state index is -0.556. The van der Waals surface area contributed by atoms with Crippen LogP contribution in [0.15, 0.2) is 36.4 Å². The second-order valence-corrected chi connectivity index (χ2v) is 5.32. The summed E-state index contributed by atoms with van der Waals surface area (Å²) in [6.07, 6.45) is 3.29. The molecule has 3 nitrogen and oxygen atoms in total. The summed E-state index contributed by atoms with van der Waals surface area (Å²) in [5.41, 5.74) is 0.630. The molecule has 0 saturated heterocycles. The van der Waals surface area contributed by atoms with Crippen LogP contribution in [-0.4, -0.2) is 24.3 Å². The average Bonchev–Trinajstić information content (AvgIpc) is 2.33. The van der Waals surface area contributed by atoms with Crippen molar-refractivity contribution < 1.29 is 14.3 Å². The van der Waals surface area contributed by atoms with Crippen molar-refractivity contribution in [2.24, 2.45) is 0 Å². The highest BCUT2D eigenvalue weighted by Gasteiger charge is 2.21. The third-order valence-corrected chi connectivity index (χ3v) is 2.29. The van der Waals surface area contributed by atoms with Gasteiger partial charge >= 0.3 is 5.97 Å². The molecule has 0 radical (unpaired) electrons. The number of carbonyl (C=O) groups is 1. The maximum Gasteiger partial charge on any atom is 0.335 e. The first-order valence-electron chi connectivity index (χ1n) is 6.44. The van der Waals surface area contributed by atoms with E-state index in [9.17, 15) is 4.79 Å². The largest absolute Gasteiger partial charge is 0.458 e. The molecule has 0 fully saturated rings. The molecule has 0 N–H and O–H groups in total. The first-order chi connectivity index (χ1) is 8.88. The molecule has 1 atom stereocenters. The maximum atomic E-state index is 11.7. The van der Waals surface area contributed by atoms with Crippen molar-refractivity contribution >= 4 is 12.0 Å². The van der Waals surface area contributed by atoms with E-state index < -0.39 is 11.7 Å². The third-order valence-electron chi connectivity index (χ3n) is 2.29. The predicted octanol–water partition coefficient (Wildman–Crippen LogP) is 3.45. The predicted molar refractivity (Wildman–Crippen MR) is 76.7 cm³/mol. The van der Waals surface area contributed by atoms with Gasteiger partial charge in [-0.2, -0.15) is 0 Å². The fourth-order valence-electron chi connectivity index (χ4n) is 1.40. The lowest BCUT2D eigenvalue weighted by atomic mass is 10.2. The fourth-order valence-corrected chi connectivity index (χ4v) is 1.40. The molecule has 1 unspecified atom stereocenters. The van der Waals surface area contributed by atoms with E-state index in [1.165, 1.54) is 0 Å². The lowest BCUT2D eigenvalue weighted by molar-refractivity contribution is -0.166. The molecule has 0 heterocycles. The van der Waals surface area contributed by atoms with Crippen LogP contribution in [0.2, 0.25) is 0 Å². The normalized spacial score (nSPS) is 13.5. The molecule has 19 heavy (non-hydrogen) atoms. The van der Waals surface area contributed by atoms with Gasteiger partial charge in [0.05, 0.1) is 6.61 Å². The summed E-state index contributed by atoms with van der Waals surface area (Å²) in [6.45, 7) is 7.60. The van der Waals surface area contributed by atoms with E-state index in [1.807, 2.05) is 63.3 Å². The average molecular weight is 262 g/mol. The summed E-state index contributed by atoms with van der Waals surface area (Å²) in [5, 5.41) is 0.